The molecule has 1 atom stereocenters. The normalized spacial score (nSPS) is 13.5. The summed E-state index contributed by atoms with van der Waals surface area (Å²) in [7, 11) is 0. The predicted octanol–water partition coefficient (Wildman–Crippen LogP) is 3.50. The fourth-order valence-electron chi connectivity index (χ4n) is 2.89. The Labute approximate surface area is 152 Å². The van der Waals surface area contributed by atoms with E-state index in [0.717, 1.165) is 28.5 Å². The maximum atomic E-state index is 5.84. The average molecular weight is 348 g/mol. The molecule has 1 aliphatic heterocycles. The van der Waals surface area contributed by atoms with E-state index in [4.69, 9.17) is 15.2 Å². The molecule has 0 radical (unpaired) electrons. The van der Waals surface area contributed by atoms with Crippen molar-refractivity contribution in [2.75, 3.05) is 12.1 Å². The zero-order chi connectivity index (χ0) is 17.9. The highest BCUT2D eigenvalue weighted by molar-refractivity contribution is 5.65. The number of aromatic nitrogens is 2. The van der Waals surface area contributed by atoms with Crippen molar-refractivity contribution >= 4 is 5.95 Å². The Hall–Kier alpha value is -3.12. The topological polar surface area (TPSA) is 82.3 Å². The van der Waals surface area contributed by atoms with Crippen molar-refractivity contribution in [2.24, 2.45) is 5.73 Å². The monoisotopic (exact) mass is 348 g/mol. The zero-order valence-electron chi connectivity index (χ0n) is 14.5. The molecule has 4 rings (SSSR count). The van der Waals surface area contributed by atoms with Gasteiger partial charge in [-0.15, -0.1) is 0 Å². The molecule has 6 nitrogen and oxygen atoms in total. The number of nitrogens with two attached hydrogens (primary N) is 1. The number of anilines is 1. The smallest absolute Gasteiger partial charge is 0.231 e. The van der Waals surface area contributed by atoms with E-state index in [1.165, 1.54) is 5.56 Å². The third kappa shape index (κ3) is 3.32. The van der Waals surface area contributed by atoms with E-state index in [9.17, 15) is 0 Å². The first-order valence-electron chi connectivity index (χ1n) is 8.52. The number of hydrogen-bond donors (Lipinski definition) is 2. The largest absolute Gasteiger partial charge is 0.454 e. The van der Waals surface area contributed by atoms with Crippen LogP contribution in [0.3, 0.4) is 0 Å². The molecule has 2 aromatic carbocycles. The summed E-state index contributed by atoms with van der Waals surface area (Å²) in [6.45, 7) is 2.67. The van der Waals surface area contributed by atoms with Crippen LogP contribution in [-0.4, -0.2) is 16.8 Å². The molecule has 1 aliphatic rings. The van der Waals surface area contributed by atoms with Gasteiger partial charge in [-0.2, -0.15) is 0 Å². The highest BCUT2D eigenvalue weighted by atomic mass is 16.7. The molecule has 1 aromatic heterocycles. The number of ether oxygens (including phenoxy) is 2. The van der Waals surface area contributed by atoms with Gasteiger partial charge in [0.2, 0.25) is 12.7 Å². The van der Waals surface area contributed by atoms with Crippen LogP contribution in [0.15, 0.2) is 54.6 Å². The Morgan fingerprint density at radius 3 is 2.65 bits per heavy atom. The third-order valence-electron chi connectivity index (χ3n) is 4.30. The first-order chi connectivity index (χ1) is 12.7. The molecule has 2 heterocycles. The first kappa shape index (κ1) is 16.4. The first-order valence-corrected chi connectivity index (χ1v) is 8.52. The maximum Gasteiger partial charge on any atom is 0.231 e. The van der Waals surface area contributed by atoms with E-state index >= 15 is 0 Å². The van der Waals surface area contributed by atoms with Gasteiger partial charge in [0.1, 0.15) is 0 Å². The number of rotatable bonds is 5. The lowest BCUT2D eigenvalue weighted by atomic mass is 10.1. The highest BCUT2D eigenvalue weighted by Crippen LogP contribution is 2.35. The molecule has 0 fully saturated rings. The molecule has 3 aromatic rings. The van der Waals surface area contributed by atoms with E-state index < -0.39 is 0 Å². The molecule has 0 saturated carbocycles. The molecule has 3 N–H and O–H groups in total. The second kappa shape index (κ2) is 7.01. The quantitative estimate of drug-likeness (QED) is 0.734. The van der Waals surface area contributed by atoms with Crippen LogP contribution in [0, 0.1) is 0 Å². The average Bonchev–Trinajstić information content (AvgIpc) is 3.16. The van der Waals surface area contributed by atoms with Crippen LogP contribution in [0.5, 0.6) is 11.5 Å². The molecule has 0 amide bonds. The molecule has 132 valence electrons. The summed E-state index contributed by atoms with van der Waals surface area (Å²) in [4.78, 5) is 9.18. The van der Waals surface area contributed by atoms with Crippen LogP contribution in [0.2, 0.25) is 0 Å². The van der Waals surface area contributed by atoms with Gasteiger partial charge in [-0.3, -0.25) is 0 Å². The summed E-state index contributed by atoms with van der Waals surface area (Å²) in [5.41, 5.74) is 9.50. The molecule has 0 saturated heterocycles. The van der Waals surface area contributed by atoms with Gasteiger partial charge in [-0.25, -0.2) is 9.97 Å². The summed E-state index contributed by atoms with van der Waals surface area (Å²) in [6.07, 6.45) is 0. The van der Waals surface area contributed by atoms with Gasteiger partial charge in [0.15, 0.2) is 11.5 Å². The van der Waals surface area contributed by atoms with Crippen molar-refractivity contribution in [3.63, 3.8) is 0 Å². The molecule has 26 heavy (non-hydrogen) atoms. The Bertz CT molecular complexity index is 915. The lowest BCUT2D eigenvalue weighted by Crippen LogP contribution is -2.12. The summed E-state index contributed by atoms with van der Waals surface area (Å²) >= 11 is 0. The molecule has 1 unspecified atom stereocenters. The van der Waals surface area contributed by atoms with Gasteiger partial charge in [0.25, 0.3) is 0 Å². The van der Waals surface area contributed by atoms with Crippen LogP contribution < -0.4 is 20.5 Å². The minimum atomic E-state index is 0.0776. The second-order valence-corrected chi connectivity index (χ2v) is 6.12. The van der Waals surface area contributed by atoms with E-state index in [-0.39, 0.29) is 12.8 Å². The molecule has 0 bridgehead atoms. The standard InChI is InChI=1S/C20H20N4O2/c1-13(14-5-3-2-4-6-14)22-20-23-16(11-21)10-17(24-20)15-7-8-18-19(9-15)26-12-25-18/h2-10,13H,11-12,21H2,1H3,(H,22,23,24). The highest BCUT2D eigenvalue weighted by Gasteiger charge is 2.16. The summed E-state index contributed by atoms with van der Waals surface area (Å²) in [5.74, 6) is 2.03. The van der Waals surface area contributed by atoms with Crippen molar-refractivity contribution in [1.82, 2.24) is 9.97 Å². The minimum Gasteiger partial charge on any atom is -0.454 e. The van der Waals surface area contributed by atoms with Gasteiger partial charge in [0.05, 0.1) is 17.4 Å². The summed E-state index contributed by atoms with van der Waals surface area (Å²) < 4.78 is 10.8. The fourth-order valence-corrected chi connectivity index (χ4v) is 2.89. The van der Waals surface area contributed by atoms with Gasteiger partial charge in [-0.05, 0) is 36.8 Å². The summed E-state index contributed by atoms with van der Waals surface area (Å²) in [6, 6.07) is 17.9. The lowest BCUT2D eigenvalue weighted by Gasteiger charge is -2.15. The number of nitrogens with zero attached hydrogens (tertiary/aromatic N) is 2. The van der Waals surface area contributed by atoms with Crippen molar-refractivity contribution in [3.05, 3.63) is 65.9 Å². The maximum absolute atomic E-state index is 5.84. The Morgan fingerprint density at radius 1 is 1.04 bits per heavy atom. The van der Waals surface area contributed by atoms with Gasteiger partial charge >= 0.3 is 0 Å². The number of fused-ring (bicyclic) bond motifs is 1. The number of benzene rings is 2. The van der Waals surface area contributed by atoms with Gasteiger partial charge in [0, 0.05) is 12.1 Å². The van der Waals surface area contributed by atoms with Crippen LogP contribution >= 0.6 is 0 Å². The van der Waals surface area contributed by atoms with Crippen molar-refractivity contribution in [1.29, 1.82) is 0 Å². The van der Waals surface area contributed by atoms with Crippen LogP contribution in [0.1, 0.15) is 24.2 Å². The third-order valence-corrected chi connectivity index (χ3v) is 4.30. The van der Waals surface area contributed by atoms with Gasteiger partial charge < -0.3 is 20.5 Å². The van der Waals surface area contributed by atoms with E-state index in [1.807, 2.05) is 42.5 Å². The van der Waals surface area contributed by atoms with E-state index in [1.54, 1.807) is 0 Å². The van der Waals surface area contributed by atoms with Crippen LogP contribution in [-0.2, 0) is 6.54 Å². The lowest BCUT2D eigenvalue weighted by molar-refractivity contribution is 0.174. The molecule has 0 aliphatic carbocycles. The van der Waals surface area contributed by atoms with Crippen LogP contribution in [0.25, 0.3) is 11.3 Å². The van der Waals surface area contributed by atoms with Crippen LogP contribution in [0.4, 0.5) is 5.95 Å². The van der Waals surface area contributed by atoms with Crippen molar-refractivity contribution < 1.29 is 9.47 Å². The van der Waals surface area contributed by atoms with Crippen molar-refractivity contribution in [3.8, 4) is 22.8 Å². The fraction of sp³-hybridized carbons (Fsp3) is 0.200. The van der Waals surface area contributed by atoms with E-state index in [0.29, 0.717) is 12.5 Å². The SMILES string of the molecule is CC(Nc1nc(CN)cc(-c2ccc3c(c2)OCO3)n1)c1ccccc1. The Kier molecular flexibility index (Phi) is 4.41. The van der Waals surface area contributed by atoms with Crippen molar-refractivity contribution in [2.45, 2.75) is 19.5 Å². The molecule has 6 heteroatoms. The Balaban J connectivity index is 1.65. The second-order valence-electron chi connectivity index (χ2n) is 6.12. The molecular weight excluding hydrogens is 328 g/mol. The van der Waals surface area contributed by atoms with E-state index in [2.05, 4.69) is 34.3 Å². The molecule has 0 spiro atoms. The number of hydrogen-bond acceptors (Lipinski definition) is 6. The number of nitrogens with one attached hydrogen (secondary N) is 1. The Morgan fingerprint density at radius 2 is 1.85 bits per heavy atom. The zero-order valence-corrected chi connectivity index (χ0v) is 14.5. The van der Waals surface area contributed by atoms with Gasteiger partial charge in [-0.1, -0.05) is 30.3 Å². The predicted molar refractivity (Wildman–Crippen MR) is 100.0 cm³/mol. The minimum absolute atomic E-state index is 0.0776. The summed E-state index contributed by atoms with van der Waals surface area (Å²) in [5, 5.41) is 3.36. The molecular formula is C20H20N4O2.